The molecule has 2 aliphatic rings. The first-order chi connectivity index (χ1) is 16.7. The fourth-order valence-electron chi connectivity index (χ4n) is 5.02. The van der Waals surface area contributed by atoms with E-state index in [0.29, 0.717) is 5.69 Å². The van der Waals surface area contributed by atoms with Crippen LogP contribution in [-0.4, -0.2) is 26.9 Å². The van der Waals surface area contributed by atoms with Gasteiger partial charge >= 0.3 is 0 Å². The molecule has 0 aliphatic carbocycles. The van der Waals surface area contributed by atoms with E-state index < -0.39 is 5.54 Å². The highest BCUT2D eigenvalue weighted by Crippen LogP contribution is 2.44. The number of allylic oxidation sites excluding steroid dienone is 2. The highest BCUT2D eigenvalue weighted by molar-refractivity contribution is 6.13. The lowest BCUT2D eigenvalue weighted by atomic mass is 9.74. The number of H-pyrrole nitrogens is 2. The fourth-order valence-corrected chi connectivity index (χ4v) is 5.02. The quantitative estimate of drug-likeness (QED) is 0.648. The van der Waals surface area contributed by atoms with E-state index >= 15 is 0 Å². The molecule has 0 amide bonds. The van der Waals surface area contributed by atoms with Gasteiger partial charge in [0.15, 0.2) is 0 Å². The zero-order chi connectivity index (χ0) is 26.6. The molecule has 2 aromatic heterocycles. The van der Waals surface area contributed by atoms with Gasteiger partial charge in [0.1, 0.15) is 17.3 Å². The van der Waals surface area contributed by atoms with Gasteiger partial charge in [-0.1, -0.05) is 27.7 Å². The van der Waals surface area contributed by atoms with Crippen molar-refractivity contribution in [1.82, 2.24) is 9.97 Å². The summed E-state index contributed by atoms with van der Waals surface area (Å²) in [6, 6.07) is 4.64. The molecule has 0 radical (unpaired) electrons. The van der Waals surface area contributed by atoms with E-state index in [-0.39, 0.29) is 10.8 Å². The summed E-state index contributed by atoms with van der Waals surface area (Å²) >= 11 is 0. The molecule has 0 spiro atoms. The average molecular weight is 481 g/mol. The number of nitrogens with one attached hydrogen (secondary N) is 2. The summed E-state index contributed by atoms with van der Waals surface area (Å²) in [6.07, 6.45) is 7.93. The number of rotatable bonds is 3. The molecule has 6 nitrogen and oxygen atoms in total. The predicted molar refractivity (Wildman–Crippen MR) is 146 cm³/mol. The lowest BCUT2D eigenvalue weighted by Gasteiger charge is -2.29. The van der Waals surface area contributed by atoms with Crippen molar-refractivity contribution in [2.24, 2.45) is 20.8 Å². The maximum atomic E-state index is 9.70. The Morgan fingerprint density at radius 3 is 1.97 bits per heavy atom. The molecule has 0 aromatic carbocycles. The lowest BCUT2D eigenvalue weighted by Crippen LogP contribution is -2.34. The Hall–Kier alpha value is -3.64. The van der Waals surface area contributed by atoms with Gasteiger partial charge in [-0.15, -0.1) is 0 Å². The van der Waals surface area contributed by atoms with Crippen LogP contribution in [-0.2, 0) is 0 Å². The third kappa shape index (κ3) is 4.16. The maximum absolute atomic E-state index is 9.70. The van der Waals surface area contributed by atoms with Crippen LogP contribution in [0.4, 0.5) is 0 Å². The van der Waals surface area contributed by atoms with Crippen molar-refractivity contribution < 1.29 is 0 Å². The van der Waals surface area contributed by atoms with Gasteiger partial charge in [0.05, 0.1) is 6.07 Å². The van der Waals surface area contributed by atoms with E-state index in [9.17, 15) is 10.5 Å². The first-order valence-corrected chi connectivity index (χ1v) is 12.5. The second-order valence-electron chi connectivity index (χ2n) is 11.8. The van der Waals surface area contributed by atoms with Crippen molar-refractivity contribution in [3.8, 4) is 12.1 Å². The van der Waals surface area contributed by atoms with E-state index in [0.717, 1.165) is 57.5 Å². The summed E-state index contributed by atoms with van der Waals surface area (Å²) in [5.74, 6) is 0. The number of hydrogen-bond donors (Lipinski definition) is 2. The standard InChI is InChI=1S/C30H36N6/c1-17-18(2)24(12-25-19(3)20(4)26(15-31)35-25)34-23(17)10-21-13-28(5,6)27(33-21)11-22-14-29(7,8)30(9,16-32)36-22/h10-12,34-35H,13-14H2,1-9H3/b23-10+,24-12-,27-11-. The molecule has 2 N–H and O–H groups in total. The summed E-state index contributed by atoms with van der Waals surface area (Å²) in [7, 11) is 0. The maximum Gasteiger partial charge on any atom is 0.149 e. The Kier molecular flexibility index (Phi) is 6.00. The lowest BCUT2D eigenvalue weighted by molar-refractivity contribution is 0.276. The van der Waals surface area contributed by atoms with Crippen LogP contribution in [0.3, 0.4) is 0 Å². The monoisotopic (exact) mass is 480 g/mol. The smallest absolute Gasteiger partial charge is 0.149 e. The first kappa shape index (κ1) is 25.5. The average Bonchev–Trinajstić information content (AvgIpc) is 3.41. The summed E-state index contributed by atoms with van der Waals surface area (Å²) < 4.78 is 0. The number of aromatic nitrogens is 2. The molecular weight excluding hydrogens is 444 g/mol. The topological polar surface area (TPSA) is 104 Å². The van der Waals surface area contributed by atoms with Crippen LogP contribution in [0.5, 0.6) is 0 Å². The Balaban J connectivity index is 1.73. The Morgan fingerprint density at radius 1 is 0.778 bits per heavy atom. The molecule has 186 valence electrons. The molecular formula is C30H36N6. The number of aromatic amines is 2. The summed E-state index contributed by atoms with van der Waals surface area (Å²) in [5, 5.41) is 21.1. The van der Waals surface area contributed by atoms with Crippen molar-refractivity contribution >= 4 is 23.6 Å². The minimum absolute atomic E-state index is 0.110. The number of nitrogens with zero attached hydrogens (tertiary/aromatic N) is 4. The van der Waals surface area contributed by atoms with Crippen LogP contribution in [0.2, 0.25) is 0 Å². The van der Waals surface area contributed by atoms with E-state index in [1.807, 2.05) is 20.8 Å². The third-order valence-electron chi connectivity index (χ3n) is 8.36. The molecule has 6 heteroatoms. The minimum atomic E-state index is -0.712. The van der Waals surface area contributed by atoms with E-state index in [2.05, 4.69) is 81.9 Å². The zero-order valence-corrected chi connectivity index (χ0v) is 22.9. The van der Waals surface area contributed by atoms with Crippen LogP contribution in [0.1, 0.15) is 81.1 Å². The van der Waals surface area contributed by atoms with Crippen molar-refractivity contribution in [3.05, 3.63) is 56.1 Å². The van der Waals surface area contributed by atoms with Crippen LogP contribution in [0.15, 0.2) is 21.8 Å². The largest absolute Gasteiger partial charge is 0.355 e. The van der Waals surface area contributed by atoms with Crippen molar-refractivity contribution in [2.75, 3.05) is 0 Å². The van der Waals surface area contributed by atoms with E-state index in [4.69, 9.17) is 9.98 Å². The summed E-state index contributed by atoms with van der Waals surface area (Å²) in [4.78, 5) is 16.6. The predicted octanol–water partition coefficient (Wildman–Crippen LogP) is 4.97. The number of nitriles is 2. The van der Waals surface area contributed by atoms with E-state index in [1.165, 1.54) is 11.1 Å². The number of aliphatic imine (C=N–C) groups is 2. The summed E-state index contributed by atoms with van der Waals surface area (Å²) in [6.45, 7) is 18.8. The SMILES string of the molecule is Cc1c(C#N)[nH]c(/C=c2\[nH]/c(=C/C3=NC(=C\C4=NC(C)(C#N)C(C)(C)C4)/C(C)(C)C3)c(C)c2C)c1C. The summed E-state index contributed by atoms with van der Waals surface area (Å²) in [5.41, 5.74) is 7.98. The van der Waals surface area contributed by atoms with Gasteiger partial charge in [-0.3, -0.25) is 9.98 Å². The molecule has 0 saturated heterocycles. The molecule has 1 unspecified atom stereocenters. The molecule has 0 bridgehead atoms. The van der Waals surface area contributed by atoms with Gasteiger partial charge in [0.2, 0.25) is 0 Å². The highest BCUT2D eigenvalue weighted by atomic mass is 14.9. The Bertz CT molecular complexity index is 1550. The first-order valence-electron chi connectivity index (χ1n) is 12.5. The van der Waals surface area contributed by atoms with Gasteiger partial charge in [-0.2, -0.15) is 10.5 Å². The second-order valence-corrected chi connectivity index (χ2v) is 11.8. The van der Waals surface area contributed by atoms with Crippen LogP contribution in [0.25, 0.3) is 12.2 Å². The van der Waals surface area contributed by atoms with Gasteiger partial charge in [-0.05, 0) is 81.5 Å². The van der Waals surface area contributed by atoms with Crippen LogP contribution < -0.4 is 10.7 Å². The molecule has 2 aromatic rings. The molecule has 1 atom stereocenters. The minimum Gasteiger partial charge on any atom is -0.355 e. The molecule has 36 heavy (non-hydrogen) atoms. The Labute approximate surface area is 213 Å². The van der Waals surface area contributed by atoms with Gasteiger partial charge in [0.25, 0.3) is 0 Å². The molecule has 2 aliphatic heterocycles. The van der Waals surface area contributed by atoms with Gasteiger partial charge in [0, 0.05) is 50.8 Å². The highest BCUT2D eigenvalue weighted by Gasteiger charge is 2.47. The fraction of sp³-hybridized carbons (Fsp3) is 0.467. The van der Waals surface area contributed by atoms with Crippen LogP contribution >= 0.6 is 0 Å². The van der Waals surface area contributed by atoms with Gasteiger partial charge in [-0.25, -0.2) is 0 Å². The molecule has 4 rings (SSSR count). The molecule has 4 heterocycles. The Morgan fingerprint density at radius 2 is 1.42 bits per heavy atom. The van der Waals surface area contributed by atoms with E-state index in [1.54, 1.807) is 0 Å². The zero-order valence-electron chi connectivity index (χ0n) is 22.9. The number of hydrogen-bond acceptors (Lipinski definition) is 4. The van der Waals surface area contributed by atoms with Crippen molar-refractivity contribution in [2.45, 2.75) is 80.7 Å². The van der Waals surface area contributed by atoms with Crippen molar-refractivity contribution in [1.29, 1.82) is 10.5 Å². The normalized spacial score (nSPS) is 24.7. The molecule has 0 fully saturated rings. The molecule has 0 saturated carbocycles. The second kappa shape index (κ2) is 8.49. The van der Waals surface area contributed by atoms with Crippen LogP contribution in [0, 0.1) is 61.2 Å². The third-order valence-corrected chi connectivity index (χ3v) is 8.36. The van der Waals surface area contributed by atoms with Gasteiger partial charge < -0.3 is 9.97 Å². The van der Waals surface area contributed by atoms with Crippen molar-refractivity contribution in [3.63, 3.8) is 0 Å².